The van der Waals surface area contributed by atoms with E-state index in [1.54, 1.807) is 6.07 Å². The second kappa shape index (κ2) is 4.86. The number of hydrogen-bond donors (Lipinski definition) is 1. The molecule has 0 saturated heterocycles. The summed E-state index contributed by atoms with van der Waals surface area (Å²) in [4.78, 5) is 0.882. The van der Waals surface area contributed by atoms with Gasteiger partial charge in [0.15, 0.2) is 0 Å². The second-order valence-corrected chi connectivity index (χ2v) is 4.72. The Kier molecular flexibility index (Phi) is 3.49. The first-order chi connectivity index (χ1) is 7.25. The Morgan fingerprint density at radius 2 is 2.27 bits per heavy atom. The Morgan fingerprint density at radius 3 is 2.93 bits per heavy atom. The van der Waals surface area contributed by atoms with Crippen LogP contribution in [0.3, 0.4) is 0 Å². The van der Waals surface area contributed by atoms with Crippen molar-refractivity contribution in [1.82, 2.24) is 0 Å². The molecule has 0 bridgehead atoms. The van der Waals surface area contributed by atoms with Crippen molar-refractivity contribution >= 4 is 17.4 Å². The lowest BCUT2D eigenvalue weighted by Crippen LogP contribution is -1.96. The van der Waals surface area contributed by atoms with Gasteiger partial charge >= 0.3 is 0 Å². The van der Waals surface area contributed by atoms with Crippen LogP contribution in [0.1, 0.15) is 12.8 Å². The zero-order valence-electron chi connectivity index (χ0n) is 8.41. The molecule has 0 unspecified atom stereocenters. The normalized spacial score (nSPS) is 15.5. The zero-order valence-corrected chi connectivity index (χ0v) is 9.23. The standard InChI is InChI=1S/C11H14FNOS/c12-9-3-4-11(10(13)5-9)15-7-14-6-8-1-2-8/h3-5,8H,1-2,6-7,13H2. The topological polar surface area (TPSA) is 35.2 Å². The maximum atomic E-state index is 12.7. The lowest BCUT2D eigenvalue weighted by Gasteiger charge is -2.05. The fourth-order valence-corrected chi connectivity index (χ4v) is 1.95. The van der Waals surface area contributed by atoms with Crippen LogP contribution in [0.4, 0.5) is 10.1 Å². The van der Waals surface area contributed by atoms with Crippen molar-refractivity contribution in [2.24, 2.45) is 5.92 Å². The Labute approximate surface area is 93.0 Å². The zero-order chi connectivity index (χ0) is 10.7. The molecule has 0 radical (unpaired) electrons. The van der Waals surface area contributed by atoms with E-state index >= 15 is 0 Å². The molecule has 2 N–H and O–H groups in total. The molecule has 0 heterocycles. The molecule has 0 aliphatic heterocycles. The summed E-state index contributed by atoms with van der Waals surface area (Å²) in [5.74, 6) is 1.07. The van der Waals surface area contributed by atoms with Crippen molar-refractivity contribution in [3.63, 3.8) is 0 Å². The molecule has 4 heteroatoms. The highest BCUT2D eigenvalue weighted by Gasteiger charge is 2.20. The van der Waals surface area contributed by atoms with Crippen LogP contribution in [-0.2, 0) is 4.74 Å². The SMILES string of the molecule is Nc1cc(F)ccc1SCOCC1CC1. The average molecular weight is 227 g/mol. The molecule has 0 aromatic heterocycles. The monoisotopic (exact) mass is 227 g/mol. The van der Waals surface area contributed by atoms with E-state index in [0.717, 1.165) is 17.4 Å². The second-order valence-electron chi connectivity index (χ2n) is 3.76. The van der Waals surface area contributed by atoms with E-state index in [9.17, 15) is 4.39 Å². The van der Waals surface area contributed by atoms with Crippen LogP contribution in [0.25, 0.3) is 0 Å². The molecule has 82 valence electrons. The first kappa shape index (κ1) is 10.8. The Morgan fingerprint density at radius 1 is 1.47 bits per heavy atom. The summed E-state index contributed by atoms with van der Waals surface area (Å²) in [6, 6.07) is 4.44. The van der Waals surface area contributed by atoms with Crippen LogP contribution in [0.5, 0.6) is 0 Å². The van der Waals surface area contributed by atoms with Crippen molar-refractivity contribution in [1.29, 1.82) is 0 Å². The van der Waals surface area contributed by atoms with Gasteiger partial charge in [-0.1, -0.05) is 11.8 Å². The minimum Gasteiger partial charge on any atom is -0.398 e. The van der Waals surface area contributed by atoms with Gasteiger partial charge in [0.2, 0.25) is 0 Å². The quantitative estimate of drug-likeness (QED) is 0.363. The summed E-state index contributed by atoms with van der Waals surface area (Å²) in [5.41, 5.74) is 6.14. The van der Waals surface area contributed by atoms with Crippen LogP contribution in [0, 0.1) is 11.7 Å². The largest absolute Gasteiger partial charge is 0.398 e. The molecular weight excluding hydrogens is 213 g/mol. The van der Waals surface area contributed by atoms with Gasteiger partial charge in [0.1, 0.15) is 5.82 Å². The van der Waals surface area contributed by atoms with Crippen LogP contribution in [0.2, 0.25) is 0 Å². The first-order valence-electron chi connectivity index (χ1n) is 5.01. The number of hydrogen-bond acceptors (Lipinski definition) is 3. The van der Waals surface area contributed by atoms with Gasteiger partial charge in [-0.15, -0.1) is 0 Å². The summed E-state index contributed by atoms with van der Waals surface area (Å²) in [7, 11) is 0. The van der Waals surface area contributed by atoms with E-state index in [-0.39, 0.29) is 5.82 Å². The summed E-state index contributed by atoms with van der Waals surface area (Å²) >= 11 is 1.51. The summed E-state index contributed by atoms with van der Waals surface area (Å²) in [6.07, 6.45) is 2.59. The van der Waals surface area contributed by atoms with E-state index in [4.69, 9.17) is 10.5 Å². The maximum Gasteiger partial charge on any atom is 0.125 e. The van der Waals surface area contributed by atoms with Gasteiger partial charge in [-0.25, -0.2) is 4.39 Å². The van der Waals surface area contributed by atoms with Crippen LogP contribution in [0.15, 0.2) is 23.1 Å². The van der Waals surface area contributed by atoms with Gasteiger partial charge in [-0.2, -0.15) is 0 Å². The number of nitrogen functional groups attached to an aromatic ring is 1. The predicted molar refractivity (Wildman–Crippen MR) is 60.2 cm³/mol. The minimum absolute atomic E-state index is 0.296. The Balaban J connectivity index is 1.76. The lowest BCUT2D eigenvalue weighted by molar-refractivity contribution is 0.171. The third kappa shape index (κ3) is 3.39. The molecule has 2 rings (SSSR count). The van der Waals surface area contributed by atoms with Crippen molar-refractivity contribution in [3.05, 3.63) is 24.0 Å². The van der Waals surface area contributed by atoms with E-state index in [2.05, 4.69) is 0 Å². The van der Waals surface area contributed by atoms with Gasteiger partial charge in [-0.05, 0) is 37.0 Å². The number of anilines is 1. The highest BCUT2D eigenvalue weighted by Crippen LogP contribution is 2.30. The highest BCUT2D eigenvalue weighted by molar-refractivity contribution is 7.99. The molecule has 1 aromatic rings. The van der Waals surface area contributed by atoms with Gasteiger partial charge in [0.05, 0.1) is 12.5 Å². The predicted octanol–water partition coefficient (Wildman–Crippen LogP) is 2.88. The number of ether oxygens (including phenoxy) is 1. The Bertz CT molecular complexity index is 341. The maximum absolute atomic E-state index is 12.7. The Hall–Kier alpha value is -0.740. The molecule has 15 heavy (non-hydrogen) atoms. The molecule has 1 saturated carbocycles. The first-order valence-corrected chi connectivity index (χ1v) is 6.00. The summed E-state index contributed by atoms with van der Waals surface area (Å²) < 4.78 is 18.2. The number of thioether (sulfide) groups is 1. The lowest BCUT2D eigenvalue weighted by atomic mass is 10.3. The van der Waals surface area contributed by atoms with Gasteiger partial charge in [-0.3, -0.25) is 0 Å². The molecule has 0 atom stereocenters. The molecule has 1 fully saturated rings. The number of halogens is 1. The van der Waals surface area contributed by atoms with Crippen LogP contribution in [-0.4, -0.2) is 12.5 Å². The van der Waals surface area contributed by atoms with Crippen LogP contribution >= 0.6 is 11.8 Å². The summed E-state index contributed by atoms with van der Waals surface area (Å²) in [5, 5.41) is 0. The van der Waals surface area contributed by atoms with Gasteiger partial charge in [0, 0.05) is 10.6 Å². The van der Waals surface area contributed by atoms with E-state index < -0.39 is 0 Å². The van der Waals surface area contributed by atoms with Gasteiger partial charge < -0.3 is 10.5 Å². The fourth-order valence-electron chi connectivity index (χ4n) is 1.26. The van der Waals surface area contributed by atoms with E-state index in [1.807, 2.05) is 0 Å². The van der Waals surface area contributed by atoms with Crippen molar-refractivity contribution in [2.75, 3.05) is 18.3 Å². The fraction of sp³-hybridized carbons (Fsp3) is 0.455. The molecule has 2 nitrogen and oxygen atoms in total. The van der Waals surface area contributed by atoms with Crippen LogP contribution < -0.4 is 5.73 Å². The third-order valence-corrected chi connectivity index (χ3v) is 3.29. The summed E-state index contributed by atoms with van der Waals surface area (Å²) in [6.45, 7) is 0.841. The average Bonchev–Trinajstić information content (AvgIpc) is 2.99. The number of rotatable bonds is 5. The molecule has 1 aliphatic rings. The molecule has 1 aromatic carbocycles. The van der Waals surface area contributed by atoms with Crippen molar-refractivity contribution in [2.45, 2.75) is 17.7 Å². The third-order valence-electron chi connectivity index (χ3n) is 2.32. The molecular formula is C11H14FNOS. The van der Waals surface area contributed by atoms with E-state index in [1.165, 1.54) is 36.7 Å². The van der Waals surface area contributed by atoms with Gasteiger partial charge in [0.25, 0.3) is 0 Å². The highest BCUT2D eigenvalue weighted by atomic mass is 32.2. The van der Waals surface area contributed by atoms with Crippen molar-refractivity contribution in [3.8, 4) is 0 Å². The molecule has 0 spiro atoms. The van der Waals surface area contributed by atoms with Crippen molar-refractivity contribution < 1.29 is 9.13 Å². The molecule has 1 aliphatic carbocycles. The number of benzene rings is 1. The number of nitrogens with two attached hydrogens (primary N) is 1. The van der Waals surface area contributed by atoms with E-state index in [0.29, 0.717) is 11.6 Å². The molecule has 0 amide bonds. The smallest absolute Gasteiger partial charge is 0.125 e. The minimum atomic E-state index is -0.296.